The molecule has 186 valence electrons. The van der Waals surface area contributed by atoms with Gasteiger partial charge in [-0.1, -0.05) is 48.4 Å². The van der Waals surface area contributed by atoms with E-state index in [1.54, 1.807) is 0 Å². The lowest BCUT2D eigenvalue weighted by Crippen LogP contribution is -2.60. The molecule has 0 unspecified atom stereocenters. The van der Waals surface area contributed by atoms with Crippen molar-refractivity contribution >= 4 is 17.8 Å². The fourth-order valence-electron chi connectivity index (χ4n) is 7.35. The second kappa shape index (κ2) is 9.41. The summed E-state index contributed by atoms with van der Waals surface area (Å²) < 4.78 is 0. The van der Waals surface area contributed by atoms with Crippen LogP contribution in [0.3, 0.4) is 0 Å². The number of fused-ring (bicyclic) bond motifs is 6. The molecule has 5 atom stereocenters. The first-order chi connectivity index (χ1) is 17.1. The van der Waals surface area contributed by atoms with Gasteiger partial charge >= 0.3 is 6.03 Å². The molecule has 4 fully saturated rings. The first-order valence-electron chi connectivity index (χ1n) is 13.5. The number of likely N-dealkylation sites (tertiary alicyclic amines) is 1. The standard InChI is InChI=1S/C28H36N4O3/c33-25(12-11-23-27(34)32(28(35)29-23)17-19-7-2-1-3-8-19)31-14-6-9-20-15-21-16-22(26(20)31)18-30-13-5-4-10-24(21)30/h1-3,7-8,15,21-24,26H,4-6,9-14,16-18H2,(H,29,35)/t21-,22+,23-,24+,26+/m1/s1. The summed E-state index contributed by atoms with van der Waals surface area (Å²) in [7, 11) is 0. The third kappa shape index (κ3) is 4.28. The molecule has 4 amide bonds. The van der Waals surface area contributed by atoms with Gasteiger partial charge in [-0.3, -0.25) is 19.4 Å². The molecule has 4 heterocycles. The van der Waals surface area contributed by atoms with Gasteiger partial charge in [0.1, 0.15) is 6.04 Å². The van der Waals surface area contributed by atoms with Gasteiger partial charge in [-0.05, 0) is 62.5 Å². The van der Waals surface area contributed by atoms with E-state index in [0.717, 1.165) is 31.5 Å². The zero-order valence-corrected chi connectivity index (χ0v) is 20.4. The highest BCUT2D eigenvalue weighted by Gasteiger charge is 2.47. The molecule has 1 N–H and O–H groups in total. The van der Waals surface area contributed by atoms with Crippen LogP contribution in [-0.2, 0) is 16.1 Å². The Balaban J connectivity index is 1.10. The first-order valence-corrected chi connectivity index (χ1v) is 13.5. The van der Waals surface area contributed by atoms with Crippen molar-refractivity contribution in [1.29, 1.82) is 0 Å². The summed E-state index contributed by atoms with van der Waals surface area (Å²) in [5.41, 5.74) is 2.40. The van der Waals surface area contributed by atoms with E-state index in [1.807, 2.05) is 30.3 Å². The summed E-state index contributed by atoms with van der Waals surface area (Å²) in [6.45, 7) is 3.37. The Hall–Kier alpha value is -2.67. The van der Waals surface area contributed by atoms with E-state index in [-0.39, 0.29) is 30.4 Å². The third-order valence-electron chi connectivity index (χ3n) is 8.91. The lowest BCUT2D eigenvalue weighted by Gasteiger charge is -2.54. The molecule has 7 heteroatoms. The minimum Gasteiger partial charge on any atom is -0.336 e. The molecule has 2 bridgehead atoms. The van der Waals surface area contributed by atoms with Crippen molar-refractivity contribution in [2.45, 2.75) is 76.0 Å². The van der Waals surface area contributed by atoms with Gasteiger partial charge in [-0.25, -0.2) is 4.79 Å². The van der Waals surface area contributed by atoms with Crippen molar-refractivity contribution in [2.75, 3.05) is 19.6 Å². The van der Waals surface area contributed by atoms with Crippen LogP contribution in [0, 0.1) is 11.8 Å². The topological polar surface area (TPSA) is 73.0 Å². The molecule has 4 saturated heterocycles. The maximum Gasteiger partial charge on any atom is 0.325 e. The minimum atomic E-state index is -0.616. The number of rotatable bonds is 5. The molecule has 1 aromatic rings. The minimum absolute atomic E-state index is 0.128. The number of amides is 4. The van der Waals surface area contributed by atoms with Crippen LogP contribution in [0.1, 0.15) is 56.9 Å². The van der Waals surface area contributed by atoms with Crippen LogP contribution >= 0.6 is 0 Å². The van der Waals surface area contributed by atoms with Crippen LogP contribution < -0.4 is 5.32 Å². The fraction of sp³-hybridized carbons (Fsp3) is 0.607. The number of hydrogen-bond donors (Lipinski definition) is 1. The predicted molar refractivity (Wildman–Crippen MR) is 132 cm³/mol. The Morgan fingerprint density at radius 2 is 1.91 bits per heavy atom. The van der Waals surface area contributed by atoms with Crippen molar-refractivity contribution < 1.29 is 14.4 Å². The average molecular weight is 477 g/mol. The van der Waals surface area contributed by atoms with Gasteiger partial charge in [0.15, 0.2) is 0 Å². The van der Waals surface area contributed by atoms with Gasteiger partial charge in [0.05, 0.1) is 12.6 Å². The largest absolute Gasteiger partial charge is 0.336 e. The second-order valence-corrected chi connectivity index (χ2v) is 11.0. The van der Waals surface area contributed by atoms with Gasteiger partial charge in [-0.2, -0.15) is 0 Å². The first kappa shape index (κ1) is 22.8. The molecule has 0 saturated carbocycles. The van der Waals surface area contributed by atoms with Crippen LogP contribution in [-0.4, -0.2) is 70.3 Å². The van der Waals surface area contributed by atoms with E-state index in [0.29, 0.717) is 30.7 Å². The Morgan fingerprint density at radius 1 is 1.06 bits per heavy atom. The molecule has 6 rings (SSSR count). The van der Waals surface area contributed by atoms with E-state index < -0.39 is 6.04 Å². The van der Waals surface area contributed by atoms with Crippen LogP contribution in [0.2, 0.25) is 0 Å². The van der Waals surface area contributed by atoms with Crippen molar-refractivity contribution in [3.63, 3.8) is 0 Å². The number of nitrogens with one attached hydrogen (secondary N) is 1. The molecule has 0 radical (unpaired) electrons. The fourth-order valence-corrected chi connectivity index (χ4v) is 7.35. The summed E-state index contributed by atoms with van der Waals surface area (Å²) in [6, 6.07) is 9.47. The van der Waals surface area contributed by atoms with Crippen LogP contribution in [0.25, 0.3) is 0 Å². The van der Waals surface area contributed by atoms with Crippen LogP contribution in [0.4, 0.5) is 4.79 Å². The molecule has 0 aromatic heterocycles. The molecule has 1 aliphatic carbocycles. The van der Waals surface area contributed by atoms with E-state index in [1.165, 1.54) is 42.7 Å². The average Bonchev–Trinajstić information content (AvgIpc) is 3.15. The van der Waals surface area contributed by atoms with Crippen LogP contribution in [0.5, 0.6) is 0 Å². The van der Waals surface area contributed by atoms with Crippen LogP contribution in [0.15, 0.2) is 42.0 Å². The quantitative estimate of drug-likeness (QED) is 0.523. The number of hydrogen-bond acceptors (Lipinski definition) is 4. The monoisotopic (exact) mass is 476 g/mol. The SMILES string of the molecule is O=C1N[C@H](CCC(=O)N2CCCC3=C[C@@H]4C[C@@H](CN5CCCC[C@@H]45)[C@H]32)C(=O)N1Cc1ccccc1. The third-order valence-corrected chi connectivity index (χ3v) is 8.91. The molecule has 5 aliphatic rings. The van der Waals surface area contributed by atoms with Crippen molar-refractivity contribution in [3.8, 4) is 0 Å². The number of piperidine rings is 3. The van der Waals surface area contributed by atoms with Gasteiger partial charge < -0.3 is 10.2 Å². The van der Waals surface area contributed by atoms with Crippen molar-refractivity contribution in [3.05, 3.63) is 47.5 Å². The van der Waals surface area contributed by atoms with E-state index >= 15 is 0 Å². The molecule has 1 aromatic carbocycles. The van der Waals surface area contributed by atoms with E-state index in [4.69, 9.17) is 0 Å². The Bertz CT molecular complexity index is 1020. The van der Waals surface area contributed by atoms with Crippen molar-refractivity contribution in [1.82, 2.24) is 20.0 Å². The molecule has 35 heavy (non-hydrogen) atoms. The zero-order valence-electron chi connectivity index (χ0n) is 20.4. The smallest absolute Gasteiger partial charge is 0.325 e. The maximum atomic E-state index is 13.5. The molecule has 4 aliphatic heterocycles. The number of imide groups is 1. The normalized spacial score (nSPS) is 32.6. The summed E-state index contributed by atoms with van der Waals surface area (Å²) in [5.74, 6) is 1.07. The number of benzene rings is 1. The molecular formula is C28H36N4O3. The highest BCUT2D eigenvalue weighted by atomic mass is 16.2. The lowest BCUT2D eigenvalue weighted by molar-refractivity contribution is -0.136. The highest BCUT2D eigenvalue weighted by Crippen LogP contribution is 2.45. The van der Waals surface area contributed by atoms with Crippen molar-refractivity contribution in [2.24, 2.45) is 11.8 Å². The maximum absolute atomic E-state index is 13.5. The highest BCUT2D eigenvalue weighted by molar-refractivity contribution is 6.04. The van der Waals surface area contributed by atoms with E-state index in [9.17, 15) is 14.4 Å². The Labute approximate surface area is 207 Å². The summed E-state index contributed by atoms with van der Waals surface area (Å²) >= 11 is 0. The zero-order chi connectivity index (χ0) is 23.9. The van der Waals surface area contributed by atoms with Gasteiger partial charge in [-0.15, -0.1) is 0 Å². The number of carbonyl (C=O) groups excluding carboxylic acids is 3. The van der Waals surface area contributed by atoms with Gasteiger partial charge in [0.25, 0.3) is 5.91 Å². The van der Waals surface area contributed by atoms with E-state index in [2.05, 4.69) is 21.2 Å². The summed E-state index contributed by atoms with van der Waals surface area (Å²) in [5, 5.41) is 2.80. The summed E-state index contributed by atoms with van der Waals surface area (Å²) in [4.78, 5) is 44.9. The number of nitrogens with zero attached hydrogens (tertiary/aromatic N) is 3. The Kier molecular flexibility index (Phi) is 6.13. The summed E-state index contributed by atoms with van der Waals surface area (Å²) in [6.07, 6.45) is 10.5. The van der Waals surface area contributed by atoms with Gasteiger partial charge in [0, 0.05) is 25.6 Å². The Morgan fingerprint density at radius 3 is 2.77 bits per heavy atom. The van der Waals surface area contributed by atoms with Gasteiger partial charge in [0.2, 0.25) is 5.91 Å². The lowest BCUT2D eigenvalue weighted by atomic mass is 9.68. The molecule has 7 nitrogen and oxygen atoms in total. The molecular weight excluding hydrogens is 440 g/mol. The second-order valence-electron chi connectivity index (χ2n) is 11.0. The molecule has 0 spiro atoms. The predicted octanol–water partition coefficient (Wildman–Crippen LogP) is 3.31. The number of urea groups is 1. The number of carbonyl (C=O) groups is 3.